The van der Waals surface area contributed by atoms with Crippen LogP contribution in [0.2, 0.25) is 0 Å². The summed E-state index contributed by atoms with van der Waals surface area (Å²) >= 11 is 1.89. The van der Waals surface area contributed by atoms with Crippen LogP contribution >= 0.6 is 11.3 Å². The van der Waals surface area contributed by atoms with Crippen LogP contribution in [-0.4, -0.2) is 8.97 Å². The molecule has 15 rings (SSSR count). The van der Waals surface area contributed by atoms with Crippen LogP contribution in [0.1, 0.15) is 17.7 Å². The maximum Gasteiger partial charge on any atom is 0.0617 e. The van der Waals surface area contributed by atoms with E-state index in [1.807, 2.05) is 11.3 Å². The summed E-state index contributed by atoms with van der Waals surface area (Å²) in [6.07, 6.45) is 6.81. The third kappa shape index (κ3) is 5.87. The van der Waals surface area contributed by atoms with Crippen LogP contribution in [0, 0.1) is 0 Å². The number of allylic oxidation sites excluding steroid dienone is 1. The molecule has 4 heterocycles. The van der Waals surface area contributed by atoms with Gasteiger partial charge >= 0.3 is 0 Å². The number of thiophene rings is 1. The second kappa shape index (κ2) is 15.4. The maximum atomic E-state index is 2.59. The fourth-order valence-corrected chi connectivity index (χ4v) is 13.0. The number of fused-ring (bicyclic) bond motifs is 12. The molecule has 10 aromatic carbocycles. The number of rotatable bonds is 7. The molecule has 1 aliphatic carbocycles. The lowest BCUT2D eigenvalue weighted by atomic mass is 9.98. The van der Waals surface area contributed by atoms with E-state index >= 15 is 0 Å². The lowest BCUT2D eigenvalue weighted by Crippen LogP contribution is -2.09. The topological polar surface area (TPSA) is 12.6 Å². The predicted octanol–water partition coefficient (Wildman–Crippen LogP) is 18.6. The fraction of sp³-hybridized carbons (Fsp3) is 0.0303. The number of anilines is 3. The van der Waals surface area contributed by atoms with Crippen molar-refractivity contribution in [2.45, 2.75) is 12.8 Å². The Bertz CT molecular complexity index is 4380. The fourth-order valence-electron chi connectivity index (χ4n) is 11.8. The first-order valence-electron chi connectivity index (χ1n) is 24.3. The van der Waals surface area contributed by atoms with E-state index in [4.69, 9.17) is 0 Å². The summed E-state index contributed by atoms with van der Waals surface area (Å²) in [5, 5.41) is 9.12. The Hall–Kier alpha value is -8.70. The van der Waals surface area contributed by atoms with Crippen molar-refractivity contribution in [3.05, 3.63) is 242 Å². The minimum atomic E-state index is 1.06. The van der Waals surface area contributed by atoms with Crippen molar-refractivity contribution in [1.82, 2.24) is 8.97 Å². The van der Waals surface area contributed by atoms with Crippen molar-refractivity contribution in [2.24, 2.45) is 0 Å². The first-order valence-corrected chi connectivity index (χ1v) is 25.1. The lowest BCUT2D eigenvalue weighted by Gasteiger charge is -2.26. The summed E-state index contributed by atoms with van der Waals surface area (Å²) in [5.74, 6) is 0. The SMILES string of the molecule is C1=Cc2c(n3c4c(-c5ccc6c(c5)sc5cc(N(c7ccc(-c8ccccc8)cc7)c7ccc(-c8cccc9c8c8ccccc8n9-c8ccccc8)cc7)ccc56)cccc4c4cccc2c43)CC1. The van der Waals surface area contributed by atoms with E-state index < -0.39 is 0 Å². The van der Waals surface area contributed by atoms with Gasteiger partial charge in [-0.3, -0.25) is 0 Å². The van der Waals surface area contributed by atoms with E-state index in [0.29, 0.717) is 0 Å². The van der Waals surface area contributed by atoms with Crippen LogP contribution in [0.25, 0.3) is 114 Å². The van der Waals surface area contributed by atoms with Gasteiger partial charge in [0.2, 0.25) is 0 Å². The van der Waals surface area contributed by atoms with Gasteiger partial charge in [0.1, 0.15) is 0 Å². The van der Waals surface area contributed by atoms with Crippen molar-refractivity contribution < 1.29 is 0 Å². The quantitative estimate of drug-likeness (QED) is 0.155. The van der Waals surface area contributed by atoms with Crippen molar-refractivity contribution >= 4 is 104 Å². The molecule has 0 saturated heterocycles. The summed E-state index contributed by atoms with van der Waals surface area (Å²) in [4.78, 5) is 2.41. The van der Waals surface area contributed by atoms with Crippen molar-refractivity contribution in [3.8, 4) is 39.1 Å². The molecule has 70 heavy (non-hydrogen) atoms. The van der Waals surface area contributed by atoms with Gasteiger partial charge in [-0.05, 0) is 107 Å². The van der Waals surface area contributed by atoms with Crippen molar-refractivity contribution in [1.29, 1.82) is 0 Å². The zero-order valence-electron chi connectivity index (χ0n) is 38.2. The minimum Gasteiger partial charge on any atom is -0.311 e. The number of aryl methyl sites for hydroxylation is 1. The van der Waals surface area contributed by atoms with Crippen LogP contribution in [-0.2, 0) is 6.42 Å². The van der Waals surface area contributed by atoms with E-state index in [1.54, 1.807) is 0 Å². The standard InChI is InChI=1S/C66H43N3S/c1-3-14-42(15-4-1)43-28-33-47(34-29-43)67(48-35-30-44(31-36-48)50-20-13-27-61-64(50)58-19-8-10-26-60(58)68(61)46-16-5-2-6-17-46)49-37-39-54-53-38-32-45(40-62(53)70-63(54)41-49)51-21-11-23-56-57-24-12-22-55-52-18-7-9-25-59(52)69(65(51)56)66(55)57/h1-8,10-24,26-41H,9,25H2. The van der Waals surface area contributed by atoms with E-state index in [9.17, 15) is 0 Å². The Labute approximate surface area is 409 Å². The highest BCUT2D eigenvalue weighted by Crippen LogP contribution is 2.47. The molecule has 328 valence electrons. The van der Waals surface area contributed by atoms with Gasteiger partial charge in [-0.1, -0.05) is 170 Å². The van der Waals surface area contributed by atoms with Gasteiger partial charge in [-0.2, -0.15) is 0 Å². The predicted molar refractivity (Wildman–Crippen MR) is 299 cm³/mol. The zero-order chi connectivity index (χ0) is 45.9. The number of benzene rings is 10. The molecule has 1 aliphatic rings. The van der Waals surface area contributed by atoms with Gasteiger partial charge in [0, 0.05) is 86.7 Å². The molecular formula is C66H43N3S. The molecule has 4 heteroatoms. The second-order valence-corrected chi connectivity index (χ2v) is 19.8. The van der Waals surface area contributed by atoms with Crippen LogP contribution < -0.4 is 4.90 Å². The smallest absolute Gasteiger partial charge is 0.0617 e. The summed E-state index contributed by atoms with van der Waals surface area (Å²) in [7, 11) is 0. The molecule has 3 nitrogen and oxygen atoms in total. The third-order valence-corrected chi connectivity index (χ3v) is 16.0. The molecule has 0 saturated carbocycles. The van der Waals surface area contributed by atoms with Gasteiger partial charge in [-0.15, -0.1) is 11.3 Å². The van der Waals surface area contributed by atoms with Gasteiger partial charge in [-0.25, -0.2) is 0 Å². The Morgan fingerprint density at radius 2 is 0.986 bits per heavy atom. The van der Waals surface area contributed by atoms with Crippen LogP contribution in [0.4, 0.5) is 17.1 Å². The average Bonchev–Trinajstić information content (AvgIpc) is 4.18. The Balaban J connectivity index is 0.852. The Morgan fingerprint density at radius 1 is 0.400 bits per heavy atom. The van der Waals surface area contributed by atoms with Crippen molar-refractivity contribution in [2.75, 3.05) is 4.90 Å². The number of hydrogen-bond acceptors (Lipinski definition) is 2. The molecule has 14 aromatic rings. The molecule has 0 amide bonds. The number of aromatic nitrogens is 2. The largest absolute Gasteiger partial charge is 0.311 e. The lowest BCUT2D eigenvalue weighted by molar-refractivity contribution is 0.926. The number of hydrogen-bond donors (Lipinski definition) is 0. The maximum absolute atomic E-state index is 2.59. The molecule has 0 spiro atoms. The highest BCUT2D eigenvalue weighted by molar-refractivity contribution is 7.25. The van der Waals surface area contributed by atoms with E-state index in [1.165, 1.54) is 114 Å². The third-order valence-electron chi connectivity index (χ3n) is 14.9. The summed E-state index contributed by atoms with van der Waals surface area (Å²) in [6.45, 7) is 0. The Morgan fingerprint density at radius 3 is 1.80 bits per heavy atom. The molecule has 0 atom stereocenters. The molecule has 0 radical (unpaired) electrons. The first kappa shape index (κ1) is 39.3. The zero-order valence-corrected chi connectivity index (χ0v) is 39.0. The first-order chi connectivity index (χ1) is 34.7. The molecule has 0 bridgehead atoms. The summed E-state index contributed by atoms with van der Waals surface area (Å²) < 4.78 is 7.55. The Kier molecular flexibility index (Phi) is 8.65. The monoisotopic (exact) mass is 909 g/mol. The van der Waals surface area contributed by atoms with Crippen LogP contribution in [0.15, 0.2) is 231 Å². The number of para-hydroxylation sites is 4. The summed E-state index contributed by atoms with van der Waals surface area (Å²) in [6, 6.07) is 82.9. The molecule has 0 aliphatic heterocycles. The minimum absolute atomic E-state index is 1.06. The molecule has 0 N–H and O–H groups in total. The van der Waals surface area contributed by atoms with Gasteiger partial charge in [0.15, 0.2) is 0 Å². The van der Waals surface area contributed by atoms with Crippen LogP contribution in [0.5, 0.6) is 0 Å². The van der Waals surface area contributed by atoms with Gasteiger partial charge in [0.25, 0.3) is 0 Å². The normalized spacial score (nSPS) is 12.7. The second-order valence-electron chi connectivity index (χ2n) is 18.7. The highest BCUT2D eigenvalue weighted by Gasteiger charge is 2.24. The van der Waals surface area contributed by atoms with E-state index in [-0.39, 0.29) is 0 Å². The average molecular weight is 910 g/mol. The van der Waals surface area contributed by atoms with Crippen molar-refractivity contribution in [3.63, 3.8) is 0 Å². The van der Waals surface area contributed by atoms with E-state index in [0.717, 1.165) is 35.6 Å². The van der Waals surface area contributed by atoms with Gasteiger partial charge in [0.05, 0.1) is 22.1 Å². The van der Waals surface area contributed by atoms with Crippen LogP contribution in [0.3, 0.4) is 0 Å². The highest BCUT2D eigenvalue weighted by atomic mass is 32.1. The summed E-state index contributed by atoms with van der Waals surface area (Å²) in [5.41, 5.74) is 19.8. The molecule has 0 unspecified atom stereocenters. The van der Waals surface area contributed by atoms with Gasteiger partial charge < -0.3 is 13.9 Å². The van der Waals surface area contributed by atoms with E-state index in [2.05, 4.69) is 250 Å². The molecule has 4 aromatic heterocycles. The number of nitrogens with zero attached hydrogens (tertiary/aromatic N) is 3. The molecular weight excluding hydrogens is 867 g/mol. The molecule has 0 fully saturated rings.